The molecule has 1 aromatic rings. The number of carbonyl (C=O) groups is 1. The molecule has 0 aliphatic heterocycles. The molecule has 17 heavy (non-hydrogen) atoms. The van der Waals surface area contributed by atoms with Gasteiger partial charge >= 0.3 is 0 Å². The summed E-state index contributed by atoms with van der Waals surface area (Å²) < 4.78 is 0. The topological polar surface area (TPSA) is 29.1 Å². The maximum atomic E-state index is 11.9. The fourth-order valence-corrected chi connectivity index (χ4v) is 2.32. The first-order valence-electron chi connectivity index (χ1n) is 6.13. The minimum absolute atomic E-state index is 0.0566. The molecule has 1 N–H and O–H groups in total. The molecule has 0 bridgehead atoms. The second-order valence-corrected chi connectivity index (χ2v) is 5.63. The Balaban J connectivity index is 1.94. The van der Waals surface area contributed by atoms with Crippen molar-refractivity contribution < 1.29 is 4.79 Å². The van der Waals surface area contributed by atoms with Gasteiger partial charge in [-0.1, -0.05) is 38.1 Å². The first kappa shape index (κ1) is 12.5. The minimum atomic E-state index is -0.210. The van der Waals surface area contributed by atoms with Gasteiger partial charge in [0, 0.05) is 6.04 Å². The third-order valence-electron chi connectivity index (χ3n) is 3.30. The van der Waals surface area contributed by atoms with Gasteiger partial charge in [0.2, 0.25) is 5.91 Å². The smallest absolute Gasteiger partial charge is 0.233 e. The van der Waals surface area contributed by atoms with Crippen molar-refractivity contribution in [2.45, 2.75) is 38.0 Å². The average Bonchev–Trinajstić information content (AvgIpc) is 2.69. The van der Waals surface area contributed by atoms with Crippen LogP contribution < -0.4 is 5.32 Å². The Hall–Kier alpha value is -0.960. The Bertz CT molecular complexity index is 391. The Morgan fingerprint density at radius 3 is 2.29 bits per heavy atom. The molecule has 1 atom stereocenters. The zero-order valence-corrected chi connectivity index (χ0v) is 11.2. The summed E-state index contributed by atoms with van der Waals surface area (Å²) in [6.45, 7) is 4.03. The molecule has 0 fully saturated rings. The van der Waals surface area contributed by atoms with Crippen molar-refractivity contribution in [1.82, 2.24) is 5.32 Å². The number of rotatable bonds is 3. The molecule has 0 spiro atoms. The third kappa shape index (κ3) is 2.83. The first-order valence-corrected chi connectivity index (χ1v) is 6.65. The summed E-state index contributed by atoms with van der Waals surface area (Å²) in [5.41, 5.74) is 2.72. The summed E-state index contributed by atoms with van der Waals surface area (Å²) in [5.74, 6) is 0.322. The van der Waals surface area contributed by atoms with Crippen molar-refractivity contribution in [2.75, 3.05) is 0 Å². The van der Waals surface area contributed by atoms with Gasteiger partial charge in [-0.05, 0) is 29.9 Å². The molecule has 1 aliphatic carbocycles. The van der Waals surface area contributed by atoms with Gasteiger partial charge in [0.1, 0.15) is 0 Å². The molecule has 1 aromatic carbocycles. The molecule has 2 rings (SSSR count). The molecule has 0 heterocycles. The van der Waals surface area contributed by atoms with Crippen LogP contribution in [-0.2, 0) is 17.6 Å². The standard InChI is InChI=1S/C14H19NOS/c1-9(2)13(17)14(16)15-12-7-10-5-3-4-6-11(10)8-12/h3-6,9,12-13,17H,7-8H2,1-2H3,(H,15,16). The predicted octanol–water partition coefficient (Wildman–Crippen LogP) is 2.22. The fraction of sp³-hybridized carbons (Fsp3) is 0.500. The molecule has 0 saturated heterocycles. The maximum Gasteiger partial charge on any atom is 0.233 e. The number of benzene rings is 1. The SMILES string of the molecule is CC(C)C(S)C(=O)NC1Cc2ccccc2C1. The van der Waals surface area contributed by atoms with E-state index in [0.717, 1.165) is 12.8 Å². The van der Waals surface area contributed by atoms with Crippen molar-refractivity contribution in [2.24, 2.45) is 5.92 Å². The summed E-state index contributed by atoms with van der Waals surface area (Å²) in [5, 5.41) is 2.88. The number of carbonyl (C=O) groups excluding carboxylic acids is 1. The number of hydrogen-bond acceptors (Lipinski definition) is 2. The van der Waals surface area contributed by atoms with E-state index in [-0.39, 0.29) is 23.1 Å². The molecular formula is C14H19NOS. The lowest BCUT2D eigenvalue weighted by molar-refractivity contribution is -0.121. The van der Waals surface area contributed by atoms with E-state index in [9.17, 15) is 4.79 Å². The Kier molecular flexibility index (Phi) is 3.77. The highest BCUT2D eigenvalue weighted by molar-refractivity contribution is 7.81. The van der Waals surface area contributed by atoms with Crippen LogP contribution in [0.15, 0.2) is 24.3 Å². The van der Waals surface area contributed by atoms with E-state index in [2.05, 4.69) is 42.2 Å². The average molecular weight is 249 g/mol. The van der Waals surface area contributed by atoms with Crippen LogP contribution in [0.2, 0.25) is 0 Å². The van der Waals surface area contributed by atoms with Gasteiger partial charge in [0.05, 0.1) is 5.25 Å². The highest BCUT2D eigenvalue weighted by Gasteiger charge is 2.25. The fourth-order valence-electron chi connectivity index (χ4n) is 2.25. The zero-order chi connectivity index (χ0) is 12.4. The van der Waals surface area contributed by atoms with Gasteiger partial charge in [0.15, 0.2) is 0 Å². The predicted molar refractivity (Wildman–Crippen MR) is 73.4 cm³/mol. The lowest BCUT2D eigenvalue weighted by Gasteiger charge is -2.18. The highest BCUT2D eigenvalue weighted by atomic mass is 32.1. The number of amides is 1. The van der Waals surface area contributed by atoms with Crippen molar-refractivity contribution in [3.8, 4) is 0 Å². The molecule has 0 radical (unpaired) electrons. The third-order valence-corrected chi connectivity index (χ3v) is 4.13. The molecule has 0 saturated carbocycles. The van der Waals surface area contributed by atoms with Gasteiger partial charge in [-0.25, -0.2) is 0 Å². The molecule has 92 valence electrons. The number of fused-ring (bicyclic) bond motifs is 1. The summed E-state index contributed by atoms with van der Waals surface area (Å²) >= 11 is 4.34. The van der Waals surface area contributed by atoms with Gasteiger partial charge in [0.25, 0.3) is 0 Å². The largest absolute Gasteiger partial charge is 0.352 e. The number of hydrogen-bond donors (Lipinski definition) is 2. The summed E-state index contributed by atoms with van der Waals surface area (Å²) in [4.78, 5) is 11.9. The van der Waals surface area contributed by atoms with Crippen LogP contribution in [0.25, 0.3) is 0 Å². The molecule has 1 unspecified atom stereocenters. The maximum absolute atomic E-state index is 11.9. The lowest BCUT2D eigenvalue weighted by Crippen LogP contribution is -2.41. The monoisotopic (exact) mass is 249 g/mol. The minimum Gasteiger partial charge on any atom is -0.352 e. The van der Waals surface area contributed by atoms with Crippen LogP contribution in [0.1, 0.15) is 25.0 Å². The molecule has 1 aliphatic rings. The van der Waals surface area contributed by atoms with E-state index in [1.54, 1.807) is 0 Å². The van der Waals surface area contributed by atoms with E-state index >= 15 is 0 Å². The normalized spacial score (nSPS) is 16.9. The van der Waals surface area contributed by atoms with Crippen LogP contribution in [0.3, 0.4) is 0 Å². The van der Waals surface area contributed by atoms with E-state index in [0.29, 0.717) is 0 Å². The van der Waals surface area contributed by atoms with E-state index in [1.807, 2.05) is 13.8 Å². The van der Waals surface area contributed by atoms with E-state index in [4.69, 9.17) is 0 Å². The zero-order valence-electron chi connectivity index (χ0n) is 10.3. The second-order valence-electron chi connectivity index (χ2n) is 5.07. The van der Waals surface area contributed by atoms with E-state index in [1.165, 1.54) is 11.1 Å². The summed E-state index contributed by atoms with van der Waals surface area (Å²) in [6.07, 6.45) is 1.89. The van der Waals surface area contributed by atoms with Crippen LogP contribution in [-0.4, -0.2) is 17.2 Å². The first-order chi connectivity index (χ1) is 8.08. The molecule has 1 amide bonds. The van der Waals surface area contributed by atoms with Crippen molar-refractivity contribution in [1.29, 1.82) is 0 Å². The summed E-state index contributed by atoms with van der Waals surface area (Å²) in [7, 11) is 0. The quantitative estimate of drug-likeness (QED) is 0.790. The van der Waals surface area contributed by atoms with Gasteiger partial charge in [-0.3, -0.25) is 4.79 Å². The lowest BCUT2D eigenvalue weighted by atomic mass is 10.1. The van der Waals surface area contributed by atoms with Crippen LogP contribution in [0.4, 0.5) is 0 Å². The second kappa shape index (κ2) is 5.13. The van der Waals surface area contributed by atoms with Crippen molar-refractivity contribution in [3.63, 3.8) is 0 Å². The summed E-state index contributed by atoms with van der Waals surface area (Å²) in [6, 6.07) is 8.63. The van der Waals surface area contributed by atoms with Crippen molar-refractivity contribution >= 4 is 18.5 Å². The van der Waals surface area contributed by atoms with Crippen LogP contribution in [0, 0.1) is 5.92 Å². The Labute approximate surface area is 108 Å². The molecular weight excluding hydrogens is 230 g/mol. The van der Waals surface area contributed by atoms with Crippen LogP contribution >= 0.6 is 12.6 Å². The Morgan fingerprint density at radius 2 is 1.82 bits per heavy atom. The Morgan fingerprint density at radius 1 is 1.29 bits per heavy atom. The van der Waals surface area contributed by atoms with Gasteiger partial charge in [-0.15, -0.1) is 0 Å². The number of thiol groups is 1. The van der Waals surface area contributed by atoms with Gasteiger partial charge in [-0.2, -0.15) is 12.6 Å². The molecule has 3 heteroatoms. The molecule has 0 aromatic heterocycles. The highest BCUT2D eigenvalue weighted by Crippen LogP contribution is 2.22. The molecule has 2 nitrogen and oxygen atoms in total. The van der Waals surface area contributed by atoms with Gasteiger partial charge < -0.3 is 5.32 Å². The van der Waals surface area contributed by atoms with Crippen LogP contribution in [0.5, 0.6) is 0 Å². The van der Waals surface area contributed by atoms with Crippen molar-refractivity contribution in [3.05, 3.63) is 35.4 Å². The van der Waals surface area contributed by atoms with E-state index < -0.39 is 0 Å². The number of nitrogens with one attached hydrogen (secondary N) is 1.